The van der Waals surface area contributed by atoms with E-state index < -0.39 is 4.92 Å². The van der Waals surface area contributed by atoms with Gasteiger partial charge in [-0.05, 0) is 18.6 Å². The number of rotatable bonds is 8. The molecule has 7 nitrogen and oxygen atoms in total. The lowest BCUT2D eigenvalue weighted by molar-refractivity contribution is -0.387. The van der Waals surface area contributed by atoms with Gasteiger partial charge < -0.3 is 10.1 Å². The molecule has 0 bridgehead atoms. The summed E-state index contributed by atoms with van der Waals surface area (Å²) in [4.78, 5) is 19.8. The van der Waals surface area contributed by atoms with E-state index in [4.69, 9.17) is 4.74 Å². The van der Waals surface area contributed by atoms with Crippen molar-refractivity contribution in [3.8, 4) is 0 Å². The Morgan fingerprint density at radius 1 is 1.32 bits per heavy atom. The van der Waals surface area contributed by atoms with E-state index in [0.717, 1.165) is 11.3 Å². The van der Waals surface area contributed by atoms with E-state index in [1.807, 2.05) is 30.3 Å². The van der Waals surface area contributed by atoms with Gasteiger partial charge in [0.25, 0.3) is 0 Å². The Bertz CT molecular complexity index is 625. The van der Waals surface area contributed by atoms with Crippen LogP contribution in [0.3, 0.4) is 0 Å². The lowest BCUT2D eigenvalue weighted by Gasteiger charge is -2.08. The number of aromatic nitrogens is 2. The maximum Gasteiger partial charge on any atom is 0.343 e. The summed E-state index contributed by atoms with van der Waals surface area (Å²) in [7, 11) is 1.61. The number of hydrogen-bond acceptors (Lipinski definition) is 7. The molecule has 2 rings (SSSR count). The summed E-state index contributed by atoms with van der Waals surface area (Å²) >= 11 is 1.24. The Balaban J connectivity index is 2.20. The first-order valence-corrected chi connectivity index (χ1v) is 7.49. The van der Waals surface area contributed by atoms with Crippen molar-refractivity contribution in [2.75, 3.05) is 25.6 Å². The third kappa shape index (κ3) is 4.40. The number of benzene rings is 1. The van der Waals surface area contributed by atoms with E-state index >= 15 is 0 Å². The molecule has 8 heteroatoms. The lowest BCUT2D eigenvalue weighted by atomic mass is 10.4. The van der Waals surface area contributed by atoms with Gasteiger partial charge in [0.2, 0.25) is 5.82 Å². The molecule has 0 saturated heterocycles. The highest BCUT2D eigenvalue weighted by Crippen LogP contribution is 2.36. The van der Waals surface area contributed by atoms with Gasteiger partial charge in [-0.3, -0.25) is 10.1 Å². The van der Waals surface area contributed by atoms with E-state index in [2.05, 4.69) is 15.3 Å². The van der Waals surface area contributed by atoms with Crippen LogP contribution in [-0.2, 0) is 4.74 Å². The minimum absolute atomic E-state index is 0.103. The average Bonchev–Trinajstić information content (AvgIpc) is 2.52. The summed E-state index contributed by atoms with van der Waals surface area (Å²) in [5, 5.41) is 14.7. The van der Waals surface area contributed by atoms with Crippen molar-refractivity contribution in [1.29, 1.82) is 0 Å². The fourth-order valence-corrected chi connectivity index (χ4v) is 2.64. The maximum absolute atomic E-state index is 11.4. The van der Waals surface area contributed by atoms with E-state index in [0.29, 0.717) is 18.2 Å². The van der Waals surface area contributed by atoms with Crippen LogP contribution in [0.4, 0.5) is 11.5 Å². The number of nitrogens with zero attached hydrogens (tertiary/aromatic N) is 3. The molecule has 1 heterocycles. The first kappa shape index (κ1) is 16.2. The number of hydrogen-bond donors (Lipinski definition) is 1. The number of nitrogens with one attached hydrogen (secondary N) is 1. The SMILES string of the molecule is COCCCNc1ncnc(Sc2ccccc2)c1[N+](=O)[O-]. The van der Waals surface area contributed by atoms with Crippen molar-refractivity contribution >= 4 is 23.3 Å². The van der Waals surface area contributed by atoms with Crippen LogP contribution < -0.4 is 5.32 Å². The second kappa shape index (κ2) is 8.30. The molecule has 0 aliphatic heterocycles. The van der Waals surface area contributed by atoms with Crippen molar-refractivity contribution in [1.82, 2.24) is 9.97 Å². The quantitative estimate of drug-likeness (QED) is 0.346. The van der Waals surface area contributed by atoms with Gasteiger partial charge >= 0.3 is 5.69 Å². The maximum atomic E-state index is 11.4. The van der Waals surface area contributed by atoms with Gasteiger partial charge in [-0.2, -0.15) is 0 Å². The Morgan fingerprint density at radius 3 is 2.77 bits per heavy atom. The molecule has 0 unspecified atom stereocenters. The second-order valence-corrected chi connectivity index (χ2v) is 5.38. The molecule has 22 heavy (non-hydrogen) atoms. The molecule has 1 aromatic carbocycles. The second-order valence-electron chi connectivity index (χ2n) is 4.32. The lowest BCUT2D eigenvalue weighted by Crippen LogP contribution is -2.09. The van der Waals surface area contributed by atoms with Crippen molar-refractivity contribution in [2.45, 2.75) is 16.3 Å². The smallest absolute Gasteiger partial charge is 0.343 e. The highest BCUT2D eigenvalue weighted by molar-refractivity contribution is 7.99. The van der Waals surface area contributed by atoms with Gasteiger partial charge in [0.15, 0.2) is 5.03 Å². The summed E-state index contributed by atoms with van der Waals surface area (Å²) in [6.45, 7) is 1.12. The molecule has 0 saturated carbocycles. The molecule has 0 amide bonds. The molecule has 1 aromatic heterocycles. The summed E-state index contributed by atoms with van der Waals surface area (Å²) < 4.78 is 4.95. The van der Waals surface area contributed by atoms with Crippen LogP contribution in [0.15, 0.2) is 46.6 Å². The van der Waals surface area contributed by atoms with E-state index in [1.165, 1.54) is 18.1 Å². The largest absolute Gasteiger partial charge is 0.385 e. The normalized spacial score (nSPS) is 10.4. The van der Waals surface area contributed by atoms with Crippen LogP contribution >= 0.6 is 11.8 Å². The Labute approximate surface area is 132 Å². The number of nitro groups is 1. The van der Waals surface area contributed by atoms with Crippen LogP contribution in [0.5, 0.6) is 0 Å². The molecule has 116 valence electrons. The molecule has 0 aliphatic rings. The van der Waals surface area contributed by atoms with Crippen LogP contribution in [0.2, 0.25) is 0 Å². The Hall–Kier alpha value is -2.19. The van der Waals surface area contributed by atoms with Gasteiger partial charge in [-0.25, -0.2) is 9.97 Å². The van der Waals surface area contributed by atoms with Gasteiger partial charge in [0.1, 0.15) is 6.33 Å². The summed E-state index contributed by atoms with van der Waals surface area (Å²) in [5.74, 6) is 0.231. The van der Waals surface area contributed by atoms with Crippen molar-refractivity contribution < 1.29 is 9.66 Å². The topological polar surface area (TPSA) is 90.2 Å². The van der Waals surface area contributed by atoms with Crippen molar-refractivity contribution in [3.63, 3.8) is 0 Å². The predicted molar refractivity (Wildman–Crippen MR) is 84.2 cm³/mol. The van der Waals surface area contributed by atoms with Gasteiger partial charge in [-0.1, -0.05) is 30.0 Å². The minimum Gasteiger partial charge on any atom is -0.385 e. The molecule has 0 aliphatic carbocycles. The van der Waals surface area contributed by atoms with Crippen LogP contribution in [0.1, 0.15) is 6.42 Å². The zero-order valence-electron chi connectivity index (χ0n) is 12.1. The fourth-order valence-electron chi connectivity index (χ4n) is 1.75. The zero-order valence-corrected chi connectivity index (χ0v) is 12.9. The third-order valence-corrected chi connectivity index (χ3v) is 3.75. The van der Waals surface area contributed by atoms with Crippen molar-refractivity contribution in [2.24, 2.45) is 0 Å². The monoisotopic (exact) mass is 320 g/mol. The predicted octanol–water partition coefficient (Wildman–Crippen LogP) is 2.98. The van der Waals surface area contributed by atoms with Crippen molar-refractivity contribution in [3.05, 3.63) is 46.8 Å². The molecular weight excluding hydrogens is 304 g/mol. The zero-order chi connectivity index (χ0) is 15.8. The van der Waals surface area contributed by atoms with Gasteiger partial charge in [0, 0.05) is 25.2 Å². The Kier molecular flexibility index (Phi) is 6.11. The highest BCUT2D eigenvalue weighted by Gasteiger charge is 2.23. The number of anilines is 1. The third-order valence-electron chi connectivity index (χ3n) is 2.75. The highest BCUT2D eigenvalue weighted by atomic mass is 32.2. The number of methoxy groups -OCH3 is 1. The molecule has 0 spiro atoms. The van der Waals surface area contributed by atoms with Crippen LogP contribution in [0.25, 0.3) is 0 Å². The average molecular weight is 320 g/mol. The molecule has 2 aromatic rings. The van der Waals surface area contributed by atoms with Gasteiger partial charge in [-0.15, -0.1) is 0 Å². The standard InChI is InChI=1S/C14H16N4O3S/c1-21-9-5-8-15-13-12(18(19)20)14(17-10-16-13)22-11-6-3-2-4-7-11/h2-4,6-7,10H,5,8-9H2,1H3,(H,15,16,17). The van der Waals surface area contributed by atoms with Crippen LogP contribution in [-0.4, -0.2) is 35.2 Å². The number of ether oxygens (including phenoxy) is 1. The fraction of sp³-hybridized carbons (Fsp3) is 0.286. The minimum atomic E-state index is -0.454. The molecular formula is C14H16N4O3S. The molecule has 0 radical (unpaired) electrons. The first-order valence-electron chi connectivity index (χ1n) is 6.67. The summed E-state index contributed by atoms with van der Waals surface area (Å²) in [6, 6.07) is 9.39. The molecule has 0 atom stereocenters. The molecule has 1 N–H and O–H groups in total. The van der Waals surface area contributed by atoms with E-state index in [-0.39, 0.29) is 11.5 Å². The van der Waals surface area contributed by atoms with E-state index in [9.17, 15) is 10.1 Å². The van der Waals surface area contributed by atoms with Crippen LogP contribution in [0, 0.1) is 10.1 Å². The van der Waals surface area contributed by atoms with Gasteiger partial charge in [0.05, 0.1) is 4.92 Å². The molecule has 0 fully saturated rings. The first-order chi connectivity index (χ1) is 10.7. The summed E-state index contributed by atoms with van der Waals surface area (Å²) in [5.41, 5.74) is -0.103. The summed E-state index contributed by atoms with van der Waals surface area (Å²) in [6.07, 6.45) is 2.07. The van der Waals surface area contributed by atoms with E-state index in [1.54, 1.807) is 7.11 Å². The Morgan fingerprint density at radius 2 is 2.09 bits per heavy atom.